The van der Waals surface area contributed by atoms with Crippen molar-refractivity contribution in [2.24, 2.45) is 7.05 Å². The van der Waals surface area contributed by atoms with Crippen LogP contribution in [0.15, 0.2) is 47.5 Å². The Morgan fingerprint density at radius 1 is 1.35 bits per heavy atom. The normalized spacial score (nSPS) is 11.2. The summed E-state index contributed by atoms with van der Waals surface area (Å²) in [6, 6.07) is 7.73. The molecule has 26 heavy (non-hydrogen) atoms. The smallest absolute Gasteiger partial charge is 0.311 e. The number of esters is 1. The van der Waals surface area contributed by atoms with E-state index in [2.05, 4.69) is 9.97 Å². The Morgan fingerprint density at radius 2 is 2.23 bits per heavy atom. The van der Waals surface area contributed by atoms with E-state index in [1.54, 1.807) is 18.9 Å². The number of aromatic nitrogens is 3. The zero-order chi connectivity index (χ0) is 18.1. The van der Waals surface area contributed by atoms with E-state index in [0.717, 1.165) is 37.7 Å². The summed E-state index contributed by atoms with van der Waals surface area (Å²) in [5.74, 6) is -0.267. The summed E-state index contributed by atoms with van der Waals surface area (Å²) < 4.78 is 12.5. The average Bonchev–Trinajstić information content (AvgIpc) is 3.35. The molecule has 3 heterocycles. The van der Waals surface area contributed by atoms with Crippen LogP contribution >= 0.6 is 11.3 Å². The number of imidazole rings is 1. The van der Waals surface area contributed by atoms with Crippen LogP contribution in [-0.2, 0) is 29.6 Å². The van der Waals surface area contributed by atoms with Gasteiger partial charge in [0, 0.05) is 17.5 Å². The summed E-state index contributed by atoms with van der Waals surface area (Å²) in [4.78, 5) is 22.0. The second-order valence-corrected chi connectivity index (χ2v) is 7.14. The molecule has 0 spiro atoms. The van der Waals surface area contributed by atoms with Gasteiger partial charge in [-0.3, -0.25) is 4.79 Å². The molecule has 0 fully saturated rings. The second kappa shape index (κ2) is 6.76. The Morgan fingerprint density at radius 3 is 3.04 bits per heavy atom. The molecule has 0 aliphatic carbocycles. The van der Waals surface area contributed by atoms with Crippen LogP contribution in [0.2, 0.25) is 0 Å². The summed E-state index contributed by atoms with van der Waals surface area (Å²) in [5, 5.41) is 0.847. The van der Waals surface area contributed by atoms with Crippen LogP contribution in [-0.4, -0.2) is 20.5 Å². The fourth-order valence-electron chi connectivity index (χ4n) is 2.72. The molecule has 0 atom stereocenters. The Balaban J connectivity index is 1.40. The third-order valence-electron chi connectivity index (χ3n) is 4.16. The maximum atomic E-state index is 12.2. The number of benzene rings is 1. The van der Waals surface area contributed by atoms with Gasteiger partial charge in [0.2, 0.25) is 0 Å². The van der Waals surface area contributed by atoms with Gasteiger partial charge in [-0.1, -0.05) is 6.07 Å². The molecule has 6 nitrogen and oxygen atoms in total. The van der Waals surface area contributed by atoms with Crippen molar-refractivity contribution >= 4 is 28.3 Å². The molecular formula is C19H17N3O3S. The van der Waals surface area contributed by atoms with E-state index in [9.17, 15) is 4.79 Å². The number of rotatable bonds is 5. The summed E-state index contributed by atoms with van der Waals surface area (Å²) in [6.45, 7) is 2.13. The number of hydrogen-bond donors (Lipinski definition) is 0. The second-order valence-electron chi connectivity index (χ2n) is 6.06. The molecule has 0 aliphatic rings. The fourth-order valence-corrected chi connectivity index (χ4v) is 3.75. The van der Waals surface area contributed by atoms with Crippen molar-refractivity contribution in [2.45, 2.75) is 20.0 Å². The summed E-state index contributed by atoms with van der Waals surface area (Å²) in [5.41, 5.74) is 4.63. The van der Waals surface area contributed by atoms with Crippen LogP contribution < -0.4 is 0 Å². The Labute approximate surface area is 154 Å². The number of ether oxygens (including phenoxy) is 1. The van der Waals surface area contributed by atoms with E-state index in [0.29, 0.717) is 0 Å². The molecular weight excluding hydrogens is 350 g/mol. The summed E-state index contributed by atoms with van der Waals surface area (Å²) in [7, 11) is 1.95. The number of furan rings is 1. The van der Waals surface area contributed by atoms with E-state index in [-0.39, 0.29) is 19.0 Å². The van der Waals surface area contributed by atoms with Crippen LogP contribution in [0, 0.1) is 6.92 Å². The molecule has 1 aromatic carbocycles. The quantitative estimate of drug-likeness (QED) is 0.501. The Kier molecular flexibility index (Phi) is 4.30. The Hall–Kier alpha value is -2.93. The van der Waals surface area contributed by atoms with Crippen LogP contribution in [0.3, 0.4) is 0 Å². The highest BCUT2D eigenvalue weighted by molar-refractivity contribution is 7.15. The molecule has 0 radical (unpaired) electrons. The minimum Gasteiger partial charge on any atom is -0.472 e. The molecule has 0 saturated carbocycles. The number of hydrogen-bond acceptors (Lipinski definition) is 6. The topological polar surface area (TPSA) is 70.2 Å². The van der Waals surface area contributed by atoms with Gasteiger partial charge in [0.05, 0.1) is 35.7 Å². The van der Waals surface area contributed by atoms with Crippen LogP contribution in [0.4, 0.5) is 0 Å². The lowest BCUT2D eigenvalue weighted by atomic mass is 10.2. The van der Waals surface area contributed by atoms with Crippen molar-refractivity contribution in [1.29, 1.82) is 0 Å². The van der Waals surface area contributed by atoms with E-state index >= 15 is 0 Å². The summed E-state index contributed by atoms with van der Waals surface area (Å²) >= 11 is 1.49. The fraction of sp³-hybridized carbons (Fsp3) is 0.211. The molecule has 132 valence electrons. The van der Waals surface area contributed by atoms with Crippen LogP contribution in [0.25, 0.3) is 21.6 Å². The monoisotopic (exact) mass is 367 g/mol. The number of carbonyl (C=O) groups excluding carboxylic acids is 1. The van der Waals surface area contributed by atoms with E-state index in [1.165, 1.54) is 11.3 Å². The van der Waals surface area contributed by atoms with Crippen molar-refractivity contribution in [3.05, 3.63) is 59.3 Å². The zero-order valence-electron chi connectivity index (χ0n) is 14.4. The van der Waals surface area contributed by atoms with Gasteiger partial charge in [0.25, 0.3) is 0 Å². The number of aryl methyl sites for hydroxylation is 2. The van der Waals surface area contributed by atoms with Crippen molar-refractivity contribution in [1.82, 2.24) is 14.5 Å². The van der Waals surface area contributed by atoms with E-state index in [4.69, 9.17) is 9.15 Å². The number of thiazole rings is 1. The standard InChI is InChI=1S/C19H17N3O3S/c1-12-17(26-19(21-12)14-5-6-24-10-14)8-18(23)25-9-13-3-4-16-15(7-13)20-11-22(16)2/h3-7,10-11H,8-9H2,1-2H3. The molecule has 0 bridgehead atoms. The predicted molar refractivity (Wildman–Crippen MR) is 98.8 cm³/mol. The first kappa shape index (κ1) is 16.5. The van der Waals surface area contributed by atoms with Gasteiger partial charge in [-0.15, -0.1) is 11.3 Å². The number of fused-ring (bicyclic) bond motifs is 1. The maximum absolute atomic E-state index is 12.2. The zero-order valence-corrected chi connectivity index (χ0v) is 15.2. The third kappa shape index (κ3) is 3.25. The van der Waals surface area contributed by atoms with Gasteiger partial charge < -0.3 is 13.7 Å². The van der Waals surface area contributed by atoms with E-state index in [1.807, 2.05) is 42.8 Å². The SMILES string of the molecule is Cc1nc(-c2ccoc2)sc1CC(=O)OCc1ccc2c(c1)ncn2C. The van der Waals surface area contributed by atoms with Crippen molar-refractivity contribution in [3.63, 3.8) is 0 Å². The first-order chi connectivity index (χ1) is 12.6. The Bertz CT molecular complexity index is 1060. The first-order valence-electron chi connectivity index (χ1n) is 8.14. The van der Waals surface area contributed by atoms with Crippen molar-refractivity contribution in [3.8, 4) is 10.6 Å². The highest BCUT2D eigenvalue weighted by Gasteiger charge is 2.14. The molecule has 0 amide bonds. The largest absolute Gasteiger partial charge is 0.472 e. The van der Waals surface area contributed by atoms with Gasteiger partial charge in [-0.05, 0) is 30.7 Å². The number of nitrogens with zero attached hydrogens (tertiary/aromatic N) is 3. The van der Waals surface area contributed by atoms with Crippen molar-refractivity contribution < 1.29 is 13.9 Å². The van der Waals surface area contributed by atoms with Gasteiger partial charge >= 0.3 is 5.97 Å². The molecule has 4 rings (SSSR count). The van der Waals surface area contributed by atoms with Crippen LogP contribution in [0.5, 0.6) is 0 Å². The maximum Gasteiger partial charge on any atom is 0.311 e. The molecule has 3 aromatic heterocycles. The third-order valence-corrected chi connectivity index (χ3v) is 5.36. The average molecular weight is 367 g/mol. The van der Waals surface area contributed by atoms with Gasteiger partial charge in [-0.25, -0.2) is 9.97 Å². The van der Waals surface area contributed by atoms with Crippen LogP contribution in [0.1, 0.15) is 16.1 Å². The lowest BCUT2D eigenvalue weighted by Crippen LogP contribution is -2.07. The highest BCUT2D eigenvalue weighted by atomic mass is 32.1. The van der Waals surface area contributed by atoms with Crippen molar-refractivity contribution in [2.75, 3.05) is 0 Å². The van der Waals surface area contributed by atoms with Gasteiger partial charge in [-0.2, -0.15) is 0 Å². The molecule has 7 heteroatoms. The minimum atomic E-state index is -0.267. The molecule has 4 aromatic rings. The molecule has 0 aliphatic heterocycles. The molecule has 0 saturated heterocycles. The molecule has 0 unspecified atom stereocenters. The predicted octanol–water partition coefficient (Wildman–Crippen LogP) is 3.88. The lowest BCUT2D eigenvalue weighted by molar-refractivity contribution is -0.144. The van der Waals surface area contributed by atoms with E-state index < -0.39 is 0 Å². The van der Waals surface area contributed by atoms with Gasteiger partial charge in [0.1, 0.15) is 17.9 Å². The molecule has 0 N–H and O–H groups in total. The summed E-state index contributed by atoms with van der Waals surface area (Å²) in [6.07, 6.45) is 5.24. The number of carbonyl (C=O) groups is 1. The first-order valence-corrected chi connectivity index (χ1v) is 8.96. The van der Waals surface area contributed by atoms with Gasteiger partial charge in [0.15, 0.2) is 0 Å². The lowest BCUT2D eigenvalue weighted by Gasteiger charge is -2.05. The highest BCUT2D eigenvalue weighted by Crippen LogP contribution is 2.28. The minimum absolute atomic E-state index is 0.215.